The average Bonchev–Trinajstić information content (AvgIpc) is 3.34. The van der Waals surface area contributed by atoms with Crippen molar-refractivity contribution in [3.8, 4) is 0 Å². The van der Waals surface area contributed by atoms with Crippen molar-refractivity contribution in [2.45, 2.75) is 50.5 Å². The number of nitrogens with zero attached hydrogens (tertiary/aromatic N) is 3. The van der Waals surface area contributed by atoms with Crippen LogP contribution in [0.5, 0.6) is 0 Å². The first kappa shape index (κ1) is 19.9. The van der Waals surface area contributed by atoms with Gasteiger partial charge in [0.25, 0.3) is 0 Å². The van der Waals surface area contributed by atoms with E-state index in [0.29, 0.717) is 18.9 Å². The molecule has 1 saturated heterocycles. The smallest absolute Gasteiger partial charge is 0.214 e. The summed E-state index contributed by atoms with van der Waals surface area (Å²) in [6.45, 7) is 2.36. The van der Waals surface area contributed by atoms with Crippen molar-refractivity contribution in [2.24, 2.45) is 5.92 Å². The number of hydrogen-bond donors (Lipinski definition) is 2. The van der Waals surface area contributed by atoms with Crippen LogP contribution >= 0.6 is 0 Å². The van der Waals surface area contributed by atoms with Crippen LogP contribution in [0.3, 0.4) is 0 Å². The van der Waals surface area contributed by atoms with Crippen molar-refractivity contribution >= 4 is 32.0 Å². The highest BCUT2D eigenvalue weighted by Gasteiger charge is 2.39. The Kier molecular flexibility index (Phi) is 4.83. The molecule has 5 rings (SSSR count). The molecule has 1 aliphatic heterocycles. The van der Waals surface area contributed by atoms with Gasteiger partial charge in [-0.25, -0.2) is 18.4 Å². The quantitative estimate of drug-likeness (QED) is 0.665. The van der Waals surface area contributed by atoms with E-state index in [4.69, 9.17) is 0 Å². The van der Waals surface area contributed by atoms with Crippen LogP contribution in [0.1, 0.15) is 50.5 Å². The van der Waals surface area contributed by atoms with Gasteiger partial charge >= 0.3 is 0 Å². The number of sulfonamides is 1. The zero-order chi connectivity index (χ0) is 20.9. The summed E-state index contributed by atoms with van der Waals surface area (Å²) >= 11 is 0. The van der Waals surface area contributed by atoms with E-state index < -0.39 is 15.6 Å². The Morgan fingerprint density at radius 2 is 2.03 bits per heavy atom. The third-order valence-corrected chi connectivity index (χ3v) is 8.86. The monoisotopic (exact) mass is 428 g/mol. The van der Waals surface area contributed by atoms with Crippen LogP contribution in [-0.2, 0) is 10.0 Å². The second-order valence-electron chi connectivity index (χ2n) is 9.24. The van der Waals surface area contributed by atoms with Crippen molar-refractivity contribution in [1.82, 2.24) is 19.3 Å². The highest BCUT2D eigenvalue weighted by molar-refractivity contribution is 7.89. The first-order chi connectivity index (χ1) is 14.3. The molecule has 2 N–H and O–H groups in total. The molecule has 0 radical (unpaired) electrons. The third-order valence-electron chi connectivity index (χ3n) is 6.87. The summed E-state index contributed by atoms with van der Waals surface area (Å²) in [6, 6.07) is 4.17. The molecule has 2 fully saturated rings. The molecule has 160 valence electrons. The average molecular weight is 429 g/mol. The van der Waals surface area contributed by atoms with Gasteiger partial charge in [-0.3, -0.25) is 0 Å². The molecule has 0 amide bonds. The summed E-state index contributed by atoms with van der Waals surface area (Å²) in [5.74, 6) is 0.787. The maximum atomic E-state index is 12.8. The fourth-order valence-corrected chi connectivity index (χ4v) is 7.19. The summed E-state index contributed by atoms with van der Waals surface area (Å²) < 4.78 is 27.1. The van der Waals surface area contributed by atoms with E-state index in [9.17, 15) is 13.5 Å². The van der Waals surface area contributed by atoms with Gasteiger partial charge in [-0.1, -0.05) is 0 Å². The molecule has 0 bridgehead atoms. The van der Waals surface area contributed by atoms with Gasteiger partial charge in [-0.15, -0.1) is 0 Å². The molecule has 4 heterocycles. The molecule has 8 heteroatoms. The number of pyridine rings is 2. The van der Waals surface area contributed by atoms with Crippen molar-refractivity contribution in [1.29, 1.82) is 0 Å². The second kappa shape index (κ2) is 7.28. The maximum absolute atomic E-state index is 12.8. The minimum atomic E-state index is -3.32. The first-order valence-electron chi connectivity index (χ1n) is 10.7. The Morgan fingerprint density at radius 3 is 2.77 bits per heavy atom. The minimum absolute atomic E-state index is 0.181. The highest BCUT2D eigenvalue weighted by Crippen LogP contribution is 2.40. The third kappa shape index (κ3) is 3.61. The molecule has 1 unspecified atom stereocenters. The molecule has 1 aliphatic carbocycles. The van der Waals surface area contributed by atoms with Crippen LogP contribution in [0.25, 0.3) is 21.9 Å². The number of aromatic amines is 1. The summed E-state index contributed by atoms with van der Waals surface area (Å²) in [4.78, 5) is 12.1. The molecule has 3 aromatic rings. The molecular formula is C22H28N4O3S. The number of rotatable bonds is 4. The predicted octanol–water partition coefficient (Wildman–Crippen LogP) is 3.17. The lowest BCUT2D eigenvalue weighted by atomic mass is 9.78. The van der Waals surface area contributed by atoms with E-state index in [1.54, 1.807) is 13.1 Å². The van der Waals surface area contributed by atoms with Crippen LogP contribution in [0.4, 0.5) is 0 Å². The zero-order valence-corrected chi connectivity index (χ0v) is 18.0. The van der Waals surface area contributed by atoms with Gasteiger partial charge in [0.1, 0.15) is 0 Å². The molecule has 0 aromatic carbocycles. The highest BCUT2D eigenvalue weighted by atomic mass is 32.2. The Hall–Kier alpha value is -2.03. The minimum Gasteiger partial charge on any atom is -0.389 e. The van der Waals surface area contributed by atoms with Crippen LogP contribution in [0, 0.1) is 5.92 Å². The van der Waals surface area contributed by atoms with Gasteiger partial charge in [-0.2, -0.15) is 4.31 Å². The van der Waals surface area contributed by atoms with E-state index in [1.807, 2.05) is 18.5 Å². The van der Waals surface area contributed by atoms with E-state index in [2.05, 4.69) is 21.0 Å². The van der Waals surface area contributed by atoms with Gasteiger partial charge in [0.15, 0.2) is 5.65 Å². The van der Waals surface area contributed by atoms with Crippen LogP contribution in [-0.4, -0.2) is 57.2 Å². The van der Waals surface area contributed by atoms with Crippen LogP contribution < -0.4 is 0 Å². The Bertz CT molecular complexity index is 1180. The van der Waals surface area contributed by atoms with Gasteiger partial charge in [-0.05, 0) is 68.6 Å². The van der Waals surface area contributed by atoms with Crippen molar-refractivity contribution in [3.63, 3.8) is 0 Å². The SMILES string of the molecule is CC1(O)CCN(S(=O)(=O)CC2CCC(c3cc[nH]c4cnc5nccc5c34)CC2)C1. The number of aromatic nitrogens is 3. The zero-order valence-electron chi connectivity index (χ0n) is 17.2. The Balaban J connectivity index is 1.32. The number of fused-ring (bicyclic) bond motifs is 3. The van der Waals surface area contributed by atoms with Crippen LogP contribution in [0.2, 0.25) is 0 Å². The summed E-state index contributed by atoms with van der Waals surface area (Å²) in [7, 11) is -3.32. The Labute approximate surface area is 176 Å². The van der Waals surface area contributed by atoms with E-state index >= 15 is 0 Å². The molecule has 1 atom stereocenters. The van der Waals surface area contributed by atoms with Crippen molar-refractivity contribution in [2.75, 3.05) is 18.8 Å². The largest absolute Gasteiger partial charge is 0.389 e. The fourth-order valence-electron chi connectivity index (χ4n) is 5.21. The normalized spacial score (nSPS) is 28.5. The van der Waals surface area contributed by atoms with Gasteiger partial charge < -0.3 is 10.1 Å². The number of H-pyrrole nitrogens is 1. The molecule has 0 spiro atoms. The molecular weight excluding hydrogens is 400 g/mol. The standard InChI is InChI=1S/C22H28N4O3S/c1-22(27)8-11-26(14-22)30(28,29)13-15-2-4-16(5-3-15)17-6-9-23-19-12-25-21-18(20(17)19)7-10-24-21/h6-7,9-10,12,15-16,23,27H,2-5,8,11,13-14H2,1H3. The molecule has 3 aromatic heterocycles. The molecule has 30 heavy (non-hydrogen) atoms. The Morgan fingerprint density at radius 1 is 1.23 bits per heavy atom. The molecule has 1 saturated carbocycles. The predicted molar refractivity (Wildman–Crippen MR) is 117 cm³/mol. The number of β-amino-alcohol motifs (C(OH)–C–C–N with tert-alkyl or cyclic N) is 1. The van der Waals surface area contributed by atoms with E-state index in [1.165, 1.54) is 15.3 Å². The van der Waals surface area contributed by atoms with Crippen molar-refractivity contribution < 1.29 is 13.5 Å². The lowest BCUT2D eigenvalue weighted by Crippen LogP contribution is -2.37. The lowest BCUT2D eigenvalue weighted by Gasteiger charge is -2.30. The summed E-state index contributed by atoms with van der Waals surface area (Å²) in [5.41, 5.74) is 2.19. The maximum Gasteiger partial charge on any atom is 0.214 e. The van der Waals surface area contributed by atoms with Gasteiger partial charge in [0.2, 0.25) is 10.0 Å². The lowest BCUT2D eigenvalue weighted by molar-refractivity contribution is 0.0762. The fraction of sp³-hybridized carbons (Fsp3) is 0.545. The summed E-state index contributed by atoms with van der Waals surface area (Å²) in [6.07, 6.45) is 9.89. The first-order valence-corrected chi connectivity index (χ1v) is 12.3. The van der Waals surface area contributed by atoms with Gasteiger partial charge in [0.05, 0.1) is 23.1 Å². The topological polar surface area (TPSA) is 99.2 Å². The second-order valence-corrected chi connectivity index (χ2v) is 11.3. The molecule has 2 aliphatic rings. The van der Waals surface area contributed by atoms with E-state index in [-0.39, 0.29) is 18.2 Å². The van der Waals surface area contributed by atoms with Gasteiger partial charge in [0, 0.05) is 36.3 Å². The summed E-state index contributed by atoms with van der Waals surface area (Å²) in [5, 5.41) is 12.4. The number of aliphatic hydroxyl groups is 1. The van der Waals surface area contributed by atoms with Crippen LogP contribution in [0.15, 0.2) is 30.7 Å². The number of nitrogens with one attached hydrogen (secondary N) is 1. The van der Waals surface area contributed by atoms with Crippen molar-refractivity contribution in [3.05, 3.63) is 36.3 Å². The number of hydrogen-bond acceptors (Lipinski definition) is 5. The van der Waals surface area contributed by atoms with E-state index in [0.717, 1.165) is 42.2 Å². The molecule has 7 nitrogen and oxygen atoms in total.